The van der Waals surface area contributed by atoms with E-state index in [4.69, 9.17) is 5.26 Å². The van der Waals surface area contributed by atoms with Gasteiger partial charge in [-0.05, 0) is 12.1 Å². The highest BCUT2D eigenvalue weighted by Crippen LogP contribution is 2.06. The topological polar surface area (TPSA) is 94.1 Å². The zero-order valence-electron chi connectivity index (χ0n) is 10.0. The van der Waals surface area contributed by atoms with Gasteiger partial charge in [0.25, 0.3) is 0 Å². The minimum atomic E-state index is -3.20. The average Bonchev–Trinajstić information content (AvgIpc) is 2.39. The first-order valence-electron chi connectivity index (χ1n) is 5.40. The van der Waals surface area contributed by atoms with E-state index < -0.39 is 9.84 Å². The Labute approximate surface area is 116 Å². The predicted octanol–water partition coefficient (Wildman–Crippen LogP) is 1.51. The second kappa shape index (κ2) is 9.13. The van der Waals surface area contributed by atoms with E-state index in [0.717, 1.165) is 5.69 Å². The van der Waals surface area contributed by atoms with Gasteiger partial charge >= 0.3 is 0 Å². The SMILES string of the molecule is O=S(=O)(CCNc1ccccc1)CCOSOOO. The Bertz CT molecular complexity index is 439. The first-order chi connectivity index (χ1) is 9.14. The Morgan fingerprint density at radius 1 is 1.21 bits per heavy atom. The zero-order valence-corrected chi connectivity index (χ0v) is 11.7. The molecule has 0 bridgehead atoms. The van der Waals surface area contributed by atoms with Gasteiger partial charge in [-0.2, -0.15) is 0 Å². The first-order valence-corrected chi connectivity index (χ1v) is 7.88. The maximum atomic E-state index is 11.6. The van der Waals surface area contributed by atoms with Crippen molar-refractivity contribution in [2.45, 2.75) is 0 Å². The molecule has 7 nitrogen and oxygen atoms in total. The molecule has 1 aromatic carbocycles. The van der Waals surface area contributed by atoms with Crippen LogP contribution in [0.4, 0.5) is 5.69 Å². The minimum Gasteiger partial charge on any atom is -0.384 e. The summed E-state index contributed by atoms with van der Waals surface area (Å²) in [7, 11) is -3.20. The summed E-state index contributed by atoms with van der Waals surface area (Å²) in [5, 5.41) is 14.1. The van der Waals surface area contributed by atoms with Gasteiger partial charge in [0.2, 0.25) is 0 Å². The normalized spacial score (nSPS) is 11.4. The molecule has 0 aliphatic heterocycles. The van der Waals surface area contributed by atoms with Gasteiger partial charge in [-0.3, -0.25) is 4.18 Å². The third-order valence-electron chi connectivity index (χ3n) is 2.10. The van der Waals surface area contributed by atoms with Crippen molar-refractivity contribution in [2.75, 3.05) is 30.0 Å². The molecule has 0 saturated heterocycles. The molecule has 0 amide bonds. The molecule has 0 aliphatic rings. The van der Waals surface area contributed by atoms with Gasteiger partial charge in [-0.25, -0.2) is 13.7 Å². The van der Waals surface area contributed by atoms with Gasteiger partial charge < -0.3 is 5.32 Å². The van der Waals surface area contributed by atoms with Crippen LogP contribution in [0.1, 0.15) is 0 Å². The maximum absolute atomic E-state index is 11.6. The van der Waals surface area contributed by atoms with Crippen LogP contribution in [0.3, 0.4) is 0 Å². The van der Waals surface area contributed by atoms with Crippen LogP contribution >= 0.6 is 12.3 Å². The molecule has 0 saturated carbocycles. The molecule has 108 valence electrons. The van der Waals surface area contributed by atoms with Gasteiger partial charge in [-0.15, -0.1) is 4.33 Å². The summed E-state index contributed by atoms with van der Waals surface area (Å²) in [6.45, 7) is 0.275. The van der Waals surface area contributed by atoms with Crippen LogP contribution in [0.25, 0.3) is 0 Å². The van der Waals surface area contributed by atoms with E-state index in [2.05, 4.69) is 18.9 Å². The number of sulfone groups is 1. The first kappa shape index (κ1) is 16.2. The molecular weight excluding hydrogens is 294 g/mol. The summed E-state index contributed by atoms with van der Waals surface area (Å²) in [6.07, 6.45) is 0. The van der Waals surface area contributed by atoms with Gasteiger partial charge in [0.1, 0.15) is 0 Å². The van der Waals surface area contributed by atoms with Crippen LogP contribution in [0.5, 0.6) is 0 Å². The minimum absolute atomic E-state index is 0.00722. The lowest BCUT2D eigenvalue weighted by Gasteiger charge is -2.07. The molecular formula is C10H15NO6S2. The fourth-order valence-electron chi connectivity index (χ4n) is 1.24. The van der Waals surface area contributed by atoms with Crippen molar-refractivity contribution in [3.8, 4) is 0 Å². The van der Waals surface area contributed by atoms with Crippen molar-refractivity contribution in [3.63, 3.8) is 0 Å². The van der Waals surface area contributed by atoms with Crippen molar-refractivity contribution < 1.29 is 27.2 Å². The highest BCUT2D eigenvalue weighted by atomic mass is 32.2. The molecule has 1 aromatic rings. The molecule has 0 heterocycles. The molecule has 19 heavy (non-hydrogen) atoms. The van der Waals surface area contributed by atoms with Crippen LogP contribution in [0.15, 0.2) is 30.3 Å². The molecule has 0 radical (unpaired) electrons. The summed E-state index contributed by atoms with van der Waals surface area (Å²) in [5.74, 6) is -0.126. The number of hydrogen-bond acceptors (Lipinski definition) is 8. The molecule has 0 fully saturated rings. The number of nitrogens with one attached hydrogen (secondary N) is 1. The van der Waals surface area contributed by atoms with E-state index in [1.807, 2.05) is 30.3 Å². The van der Waals surface area contributed by atoms with Crippen LogP contribution in [0, 0.1) is 0 Å². The van der Waals surface area contributed by atoms with E-state index in [-0.39, 0.29) is 18.1 Å². The fourth-order valence-corrected chi connectivity index (χ4v) is 2.51. The van der Waals surface area contributed by atoms with Crippen LogP contribution < -0.4 is 5.32 Å². The van der Waals surface area contributed by atoms with Crippen LogP contribution in [0.2, 0.25) is 0 Å². The average molecular weight is 309 g/mol. The lowest BCUT2D eigenvalue weighted by molar-refractivity contribution is -0.434. The summed E-state index contributed by atoms with van der Waals surface area (Å²) >= 11 is 0.362. The van der Waals surface area contributed by atoms with Crippen molar-refractivity contribution in [1.82, 2.24) is 0 Å². The van der Waals surface area contributed by atoms with E-state index in [1.54, 1.807) is 0 Å². The number of benzene rings is 1. The number of hydrogen-bond donors (Lipinski definition) is 2. The quantitative estimate of drug-likeness (QED) is 0.291. The number of anilines is 1. The third kappa shape index (κ3) is 8.03. The molecule has 0 unspecified atom stereocenters. The second-order valence-electron chi connectivity index (χ2n) is 3.48. The van der Waals surface area contributed by atoms with E-state index >= 15 is 0 Å². The van der Waals surface area contributed by atoms with Gasteiger partial charge in [-0.1, -0.05) is 23.2 Å². The van der Waals surface area contributed by atoms with Crippen molar-refractivity contribution in [1.29, 1.82) is 0 Å². The molecule has 0 aromatic heterocycles. The monoisotopic (exact) mass is 309 g/mol. The van der Waals surface area contributed by atoms with Crippen molar-refractivity contribution in [3.05, 3.63) is 30.3 Å². The molecule has 2 N–H and O–H groups in total. The molecule has 0 atom stereocenters. The Kier molecular flexibility index (Phi) is 7.79. The lowest BCUT2D eigenvalue weighted by atomic mass is 10.3. The standard InChI is InChI=1S/C10H15NO6S2/c12-16-17-18-15-7-9-19(13,14)8-6-11-10-4-2-1-3-5-10/h1-5,11-12H,6-9H2. The summed E-state index contributed by atoms with van der Waals surface area (Å²) < 4.78 is 31.8. The van der Waals surface area contributed by atoms with E-state index in [9.17, 15) is 8.42 Å². The third-order valence-corrected chi connectivity index (χ3v) is 4.09. The highest BCUT2D eigenvalue weighted by molar-refractivity contribution is 7.91. The smallest absolute Gasteiger partial charge is 0.197 e. The van der Waals surface area contributed by atoms with E-state index in [1.165, 1.54) is 0 Å². The Hall–Kier alpha value is -0.840. The Morgan fingerprint density at radius 3 is 2.63 bits per heavy atom. The van der Waals surface area contributed by atoms with Crippen molar-refractivity contribution in [2.24, 2.45) is 0 Å². The Balaban J connectivity index is 2.16. The van der Waals surface area contributed by atoms with E-state index in [0.29, 0.717) is 18.9 Å². The summed E-state index contributed by atoms with van der Waals surface area (Å²) in [6, 6.07) is 9.34. The predicted molar refractivity (Wildman–Crippen MR) is 71.9 cm³/mol. The number of rotatable bonds is 10. The molecule has 1 rings (SSSR count). The molecule has 0 aliphatic carbocycles. The second-order valence-corrected chi connectivity index (χ2v) is 6.29. The lowest BCUT2D eigenvalue weighted by Crippen LogP contribution is -2.20. The van der Waals surface area contributed by atoms with Crippen LogP contribution in [-0.2, 0) is 23.4 Å². The van der Waals surface area contributed by atoms with Crippen LogP contribution in [-0.4, -0.2) is 38.3 Å². The van der Waals surface area contributed by atoms with Crippen molar-refractivity contribution >= 4 is 27.8 Å². The van der Waals surface area contributed by atoms with Gasteiger partial charge in [0.15, 0.2) is 22.2 Å². The number of para-hydroxylation sites is 1. The highest BCUT2D eigenvalue weighted by Gasteiger charge is 2.10. The maximum Gasteiger partial charge on any atom is 0.197 e. The molecule has 0 spiro atoms. The Morgan fingerprint density at radius 2 is 1.95 bits per heavy atom. The van der Waals surface area contributed by atoms with Gasteiger partial charge in [0.05, 0.1) is 18.1 Å². The summed E-state index contributed by atoms with van der Waals surface area (Å²) in [5.41, 5.74) is 0.873. The van der Waals surface area contributed by atoms with Gasteiger partial charge in [0, 0.05) is 12.2 Å². The zero-order chi connectivity index (χ0) is 14.0. The largest absolute Gasteiger partial charge is 0.384 e. The molecule has 9 heteroatoms. The summed E-state index contributed by atoms with van der Waals surface area (Å²) in [4.78, 5) is 0. The fraction of sp³-hybridized carbons (Fsp3) is 0.400.